The van der Waals surface area contributed by atoms with Gasteiger partial charge in [-0.05, 0) is 40.4 Å². The molecule has 1 atom stereocenters. The van der Waals surface area contributed by atoms with Gasteiger partial charge in [0, 0.05) is 15.4 Å². The van der Waals surface area contributed by atoms with Crippen LogP contribution < -0.4 is 15.4 Å². The third kappa shape index (κ3) is 3.02. The fourth-order valence-corrected chi connectivity index (χ4v) is 4.07. The van der Waals surface area contributed by atoms with Gasteiger partial charge in [-0.3, -0.25) is 4.79 Å². The topological polar surface area (TPSA) is 50.4 Å². The smallest absolute Gasteiger partial charge is 0.262 e. The SMILES string of the molecule is CC(Nc1cc2c(cc1Cl)NC(=O)CO2)c1sccc1Br. The van der Waals surface area contributed by atoms with Crippen LogP contribution in [0, 0.1) is 0 Å². The summed E-state index contributed by atoms with van der Waals surface area (Å²) < 4.78 is 6.48. The van der Waals surface area contributed by atoms with Gasteiger partial charge in [0.1, 0.15) is 5.75 Å². The highest BCUT2D eigenvalue weighted by atomic mass is 79.9. The van der Waals surface area contributed by atoms with Crippen molar-refractivity contribution < 1.29 is 9.53 Å². The van der Waals surface area contributed by atoms with E-state index in [0.717, 1.165) is 10.2 Å². The summed E-state index contributed by atoms with van der Waals surface area (Å²) in [5.41, 5.74) is 1.38. The predicted molar refractivity (Wildman–Crippen MR) is 89.6 cm³/mol. The van der Waals surface area contributed by atoms with E-state index in [4.69, 9.17) is 16.3 Å². The van der Waals surface area contributed by atoms with Crippen LogP contribution in [0.1, 0.15) is 17.8 Å². The quantitative estimate of drug-likeness (QED) is 0.805. The summed E-state index contributed by atoms with van der Waals surface area (Å²) in [6.07, 6.45) is 0. The van der Waals surface area contributed by atoms with Crippen molar-refractivity contribution in [2.24, 2.45) is 0 Å². The van der Waals surface area contributed by atoms with E-state index in [-0.39, 0.29) is 18.6 Å². The van der Waals surface area contributed by atoms with Gasteiger partial charge in [-0.15, -0.1) is 11.3 Å². The Labute approximate surface area is 139 Å². The molecule has 110 valence electrons. The Balaban J connectivity index is 1.86. The van der Waals surface area contributed by atoms with E-state index in [2.05, 4.69) is 33.5 Å². The highest BCUT2D eigenvalue weighted by molar-refractivity contribution is 9.10. The highest BCUT2D eigenvalue weighted by Gasteiger charge is 2.19. The van der Waals surface area contributed by atoms with Crippen LogP contribution in [-0.2, 0) is 4.79 Å². The Bertz CT molecular complexity index is 704. The van der Waals surface area contributed by atoms with E-state index < -0.39 is 0 Å². The molecule has 0 bridgehead atoms. The zero-order chi connectivity index (χ0) is 15.0. The number of fused-ring (bicyclic) bond motifs is 1. The predicted octanol–water partition coefficient (Wildman–Crippen LogP) is 4.67. The molecule has 1 amide bonds. The first kappa shape index (κ1) is 14.7. The van der Waals surface area contributed by atoms with Crippen molar-refractivity contribution in [3.63, 3.8) is 0 Å². The van der Waals surface area contributed by atoms with Gasteiger partial charge in [0.05, 0.1) is 22.4 Å². The van der Waals surface area contributed by atoms with Crippen molar-refractivity contribution in [1.29, 1.82) is 0 Å². The molecule has 0 saturated carbocycles. The summed E-state index contributed by atoms with van der Waals surface area (Å²) in [5.74, 6) is 0.453. The summed E-state index contributed by atoms with van der Waals surface area (Å²) in [4.78, 5) is 12.5. The lowest BCUT2D eigenvalue weighted by Gasteiger charge is -2.21. The van der Waals surface area contributed by atoms with Crippen molar-refractivity contribution in [1.82, 2.24) is 0 Å². The van der Waals surface area contributed by atoms with Crippen LogP contribution in [0.2, 0.25) is 5.02 Å². The molecular weight excluding hydrogens is 376 g/mol. The second-order valence-electron chi connectivity index (χ2n) is 4.66. The van der Waals surface area contributed by atoms with Crippen molar-refractivity contribution in [3.05, 3.63) is 38.0 Å². The average Bonchev–Trinajstić information content (AvgIpc) is 2.86. The molecule has 0 saturated heterocycles. The van der Waals surface area contributed by atoms with Gasteiger partial charge in [-0.2, -0.15) is 0 Å². The number of halogens is 2. The highest BCUT2D eigenvalue weighted by Crippen LogP contribution is 2.39. The minimum atomic E-state index is -0.171. The molecule has 2 aromatic rings. The van der Waals surface area contributed by atoms with Gasteiger partial charge in [0.15, 0.2) is 6.61 Å². The van der Waals surface area contributed by atoms with E-state index in [1.165, 1.54) is 4.88 Å². The fourth-order valence-electron chi connectivity index (χ4n) is 2.12. The number of hydrogen-bond acceptors (Lipinski definition) is 4. The number of carbonyl (C=O) groups excluding carboxylic acids is 1. The summed E-state index contributed by atoms with van der Waals surface area (Å²) in [5, 5.41) is 8.68. The minimum absolute atomic E-state index is 0.0279. The molecule has 1 aromatic carbocycles. The van der Waals surface area contributed by atoms with Crippen LogP contribution >= 0.6 is 38.9 Å². The molecule has 2 heterocycles. The normalized spacial score (nSPS) is 14.9. The van der Waals surface area contributed by atoms with Crippen molar-refractivity contribution in [2.45, 2.75) is 13.0 Å². The average molecular weight is 388 g/mol. The van der Waals surface area contributed by atoms with Gasteiger partial charge in [0.2, 0.25) is 0 Å². The van der Waals surface area contributed by atoms with Crippen LogP contribution in [0.15, 0.2) is 28.1 Å². The maximum atomic E-state index is 11.3. The molecule has 1 aromatic heterocycles. The summed E-state index contributed by atoms with van der Waals surface area (Å²) >= 11 is 11.5. The second-order valence-corrected chi connectivity index (χ2v) is 6.87. The lowest BCUT2D eigenvalue weighted by molar-refractivity contribution is -0.118. The largest absolute Gasteiger partial charge is 0.482 e. The molecule has 21 heavy (non-hydrogen) atoms. The van der Waals surface area contributed by atoms with Gasteiger partial charge >= 0.3 is 0 Å². The molecule has 3 rings (SSSR count). The Kier molecular flexibility index (Phi) is 4.10. The number of ether oxygens (including phenoxy) is 1. The molecule has 1 aliphatic heterocycles. The number of rotatable bonds is 3. The molecule has 1 unspecified atom stereocenters. The van der Waals surface area contributed by atoms with Crippen LogP contribution in [-0.4, -0.2) is 12.5 Å². The van der Waals surface area contributed by atoms with Gasteiger partial charge in [-0.25, -0.2) is 0 Å². The van der Waals surface area contributed by atoms with Crippen LogP contribution in [0.25, 0.3) is 0 Å². The zero-order valence-corrected chi connectivity index (χ0v) is 14.2. The summed E-state index contributed by atoms with van der Waals surface area (Å²) in [6, 6.07) is 5.64. The third-order valence-corrected chi connectivity index (χ3v) is 5.48. The number of anilines is 2. The Morgan fingerprint density at radius 3 is 3.05 bits per heavy atom. The van der Waals surface area contributed by atoms with Crippen molar-refractivity contribution in [3.8, 4) is 5.75 Å². The zero-order valence-electron chi connectivity index (χ0n) is 11.1. The molecule has 0 radical (unpaired) electrons. The van der Waals surface area contributed by atoms with Crippen LogP contribution in [0.3, 0.4) is 0 Å². The maximum absolute atomic E-state index is 11.3. The van der Waals surface area contributed by atoms with E-state index in [1.807, 2.05) is 17.5 Å². The van der Waals surface area contributed by atoms with E-state index >= 15 is 0 Å². The number of thiophene rings is 1. The van der Waals surface area contributed by atoms with Crippen molar-refractivity contribution in [2.75, 3.05) is 17.2 Å². The number of nitrogens with one attached hydrogen (secondary N) is 2. The molecule has 7 heteroatoms. The lowest BCUT2D eigenvalue weighted by atomic mass is 10.2. The molecule has 2 N–H and O–H groups in total. The van der Waals surface area contributed by atoms with E-state index in [0.29, 0.717) is 16.5 Å². The van der Waals surface area contributed by atoms with Crippen molar-refractivity contribution >= 4 is 56.1 Å². The Morgan fingerprint density at radius 2 is 2.33 bits per heavy atom. The molecule has 0 aliphatic carbocycles. The van der Waals surface area contributed by atoms with E-state index in [1.54, 1.807) is 17.4 Å². The Hall–Kier alpha value is -1.24. The fraction of sp³-hybridized carbons (Fsp3) is 0.214. The molecule has 1 aliphatic rings. The second kappa shape index (κ2) is 5.87. The van der Waals surface area contributed by atoms with Gasteiger partial charge < -0.3 is 15.4 Å². The van der Waals surface area contributed by atoms with Gasteiger partial charge in [-0.1, -0.05) is 11.6 Å². The maximum Gasteiger partial charge on any atom is 0.262 e. The minimum Gasteiger partial charge on any atom is -0.482 e. The number of hydrogen-bond donors (Lipinski definition) is 2. The lowest BCUT2D eigenvalue weighted by Crippen LogP contribution is -2.25. The third-order valence-electron chi connectivity index (χ3n) is 3.11. The first-order valence-electron chi connectivity index (χ1n) is 6.30. The van der Waals surface area contributed by atoms with Crippen LogP contribution in [0.4, 0.5) is 11.4 Å². The summed E-state index contributed by atoms with van der Waals surface area (Å²) in [7, 11) is 0. The van der Waals surface area contributed by atoms with Gasteiger partial charge in [0.25, 0.3) is 5.91 Å². The molecule has 4 nitrogen and oxygen atoms in total. The monoisotopic (exact) mass is 386 g/mol. The first-order valence-corrected chi connectivity index (χ1v) is 8.35. The molecule has 0 fully saturated rings. The van der Waals surface area contributed by atoms with E-state index in [9.17, 15) is 4.79 Å². The Morgan fingerprint density at radius 1 is 1.52 bits per heavy atom. The molecule has 0 spiro atoms. The molecular formula is C14H12BrClN2O2S. The number of amides is 1. The van der Waals surface area contributed by atoms with Crippen LogP contribution in [0.5, 0.6) is 5.75 Å². The first-order chi connectivity index (χ1) is 10.0. The summed E-state index contributed by atoms with van der Waals surface area (Å²) in [6.45, 7) is 2.09. The standard InChI is InChI=1S/C14H12BrClN2O2S/c1-7(14-8(15)2-3-21-14)17-10-5-12-11(4-9(10)16)18-13(19)6-20-12/h2-5,7,17H,6H2,1H3,(H,18,19). The number of carbonyl (C=O) groups is 1. The number of benzene rings is 1.